The summed E-state index contributed by atoms with van der Waals surface area (Å²) in [6.45, 7) is 3.82. The van der Waals surface area contributed by atoms with Crippen LogP contribution >= 0.6 is 11.6 Å². The van der Waals surface area contributed by atoms with E-state index in [1.165, 1.54) is 18.2 Å². The number of fused-ring (bicyclic) bond motifs is 4. The number of hydrogen-bond acceptors (Lipinski definition) is 8. The van der Waals surface area contributed by atoms with Gasteiger partial charge in [0.05, 0.1) is 30.2 Å². The SMILES string of the molecule is CN(C[C@@]1(COc2nc(N3CC4CC[C@@](C)(C3)N4)c3cc(F)c(-c4cc(O)cc5cccc(Cl)c45)c(F)c3n2)CC1(F)F)C1COC1. The fourth-order valence-electron chi connectivity index (χ4n) is 7.62. The molecule has 248 valence electrons. The molecule has 8 rings (SSSR count). The normalized spacial score (nSPS) is 26.7. The molecule has 4 fully saturated rings. The summed E-state index contributed by atoms with van der Waals surface area (Å²) in [5.74, 6) is -4.76. The Bertz CT molecular complexity index is 1930. The highest BCUT2D eigenvalue weighted by Gasteiger charge is 2.72. The lowest BCUT2D eigenvalue weighted by Crippen LogP contribution is -2.58. The van der Waals surface area contributed by atoms with E-state index in [9.17, 15) is 13.9 Å². The Kier molecular flexibility index (Phi) is 7.08. The molecule has 1 unspecified atom stereocenters. The van der Waals surface area contributed by atoms with Crippen molar-refractivity contribution in [2.24, 2.45) is 5.41 Å². The molecule has 0 radical (unpaired) electrons. The summed E-state index contributed by atoms with van der Waals surface area (Å²) in [6.07, 6.45) is 1.51. The first kappa shape index (κ1) is 30.9. The lowest BCUT2D eigenvalue weighted by Gasteiger charge is -2.40. The van der Waals surface area contributed by atoms with E-state index < -0.39 is 28.5 Å². The summed E-state index contributed by atoms with van der Waals surface area (Å²) in [5, 5.41) is 15.3. The Hall–Kier alpha value is -3.45. The molecule has 4 heterocycles. The van der Waals surface area contributed by atoms with Gasteiger partial charge in [0, 0.05) is 59.0 Å². The lowest BCUT2D eigenvalue weighted by atomic mass is 9.95. The number of phenolic OH excluding ortho intramolecular Hbond substituents is 1. The molecule has 4 aliphatic rings. The molecule has 3 aromatic carbocycles. The Morgan fingerprint density at radius 3 is 2.68 bits per heavy atom. The van der Waals surface area contributed by atoms with Crippen molar-refractivity contribution in [1.82, 2.24) is 20.2 Å². The fourth-order valence-corrected chi connectivity index (χ4v) is 7.91. The fraction of sp³-hybridized carbons (Fsp3) is 0.471. The van der Waals surface area contributed by atoms with Crippen LogP contribution in [0.15, 0.2) is 36.4 Å². The summed E-state index contributed by atoms with van der Waals surface area (Å²) >= 11 is 6.51. The first-order valence-electron chi connectivity index (χ1n) is 15.8. The quantitative estimate of drug-likeness (QED) is 0.216. The predicted octanol–water partition coefficient (Wildman–Crippen LogP) is 6.15. The van der Waals surface area contributed by atoms with Crippen LogP contribution in [0.1, 0.15) is 26.2 Å². The lowest BCUT2D eigenvalue weighted by molar-refractivity contribution is -0.0714. The molecule has 3 aliphatic heterocycles. The van der Waals surface area contributed by atoms with Crippen LogP contribution in [-0.4, -0.2) is 90.0 Å². The van der Waals surface area contributed by atoms with E-state index in [4.69, 9.17) is 21.1 Å². The number of phenols is 1. The van der Waals surface area contributed by atoms with E-state index in [-0.39, 0.29) is 76.3 Å². The average Bonchev–Trinajstić information content (AvgIpc) is 3.39. The minimum Gasteiger partial charge on any atom is -0.508 e. The number of halogens is 5. The molecule has 8 nitrogen and oxygen atoms in total. The molecule has 13 heteroatoms. The van der Waals surface area contributed by atoms with Gasteiger partial charge < -0.3 is 24.8 Å². The second-order valence-corrected chi connectivity index (χ2v) is 14.4. The number of aromatic nitrogens is 2. The number of nitrogens with one attached hydrogen (secondary N) is 1. The van der Waals surface area contributed by atoms with Gasteiger partial charge in [-0.2, -0.15) is 9.97 Å². The van der Waals surface area contributed by atoms with Crippen LogP contribution in [0.2, 0.25) is 5.02 Å². The first-order chi connectivity index (χ1) is 22.4. The van der Waals surface area contributed by atoms with Gasteiger partial charge in [-0.05, 0) is 56.5 Å². The maximum Gasteiger partial charge on any atom is 0.319 e. The third-order valence-electron chi connectivity index (χ3n) is 10.4. The first-order valence-corrected chi connectivity index (χ1v) is 16.2. The van der Waals surface area contributed by atoms with Crippen LogP contribution < -0.4 is 15.0 Å². The van der Waals surface area contributed by atoms with Crippen LogP contribution in [0.5, 0.6) is 11.8 Å². The van der Waals surface area contributed by atoms with Crippen molar-refractivity contribution in [3.8, 4) is 22.9 Å². The minimum absolute atomic E-state index is 0.0532. The molecule has 47 heavy (non-hydrogen) atoms. The number of hydrogen-bond donors (Lipinski definition) is 2. The maximum atomic E-state index is 16.8. The summed E-state index contributed by atoms with van der Waals surface area (Å²) < 4.78 is 73.9. The third kappa shape index (κ3) is 5.15. The molecule has 4 aromatic rings. The van der Waals surface area contributed by atoms with Crippen LogP contribution in [0.3, 0.4) is 0 Å². The summed E-state index contributed by atoms with van der Waals surface area (Å²) in [5.41, 5.74) is -2.28. The van der Waals surface area contributed by atoms with Crippen molar-refractivity contribution in [1.29, 1.82) is 0 Å². The van der Waals surface area contributed by atoms with Crippen LogP contribution in [0.25, 0.3) is 32.8 Å². The van der Waals surface area contributed by atoms with E-state index in [0.717, 1.165) is 12.8 Å². The summed E-state index contributed by atoms with van der Waals surface area (Å²) in [4.78, 5) is 12.8. The number of benzene rings is 3. The Morgan fingerprint density at radius 2 is 1.98 bits per heavy atom. The van der Waals surface area contributed by atoms with Crippen molar-refractivity contribution < 1.29 is 32.1 Å². The van der Waals surface area contributed by atoms with Gasteiger partial charge in [0.2, 0.25) is 0 Å². The summed E-state index contributed by atoms with van der Waals surface area (Å²) in [7, 11) is 1.79. The number of ether oxygens (including phenoxy) is 2. The Labute approximate surface area is 273 Å². The van der Waals surface area contributed by atoms with Gasteiger partial charge in [-0.25, -0.2) is 17.6 Å². The molecule has 1 aromatic heterocycles. The van der Waals surface area contributed by atoms with Crippen molar-refractivity contribution in [2.75, 3.05) is 51.4 Å². The molecular weight excluding hydrogens is 638 g/mol. The van der Waals surface area contributed by atoms with E-state index in [1.807, 2.05) is 9.80 Å². The van der Waals surface area contributed by atoms with Gasteiger partial charge in [0.1, 0.15) is 29.5 Å². The van der Waals surface area contributed by atoms with E-state index in [2.05, 4.69) is 22.2 Å². The second kappa shape index (κ2) is 10.8. The molecule has 0 amide bonds. The molecule has 1 saturated carbocycles. The average molecular weight is 672 g/mol. The van der Waals surface area contributed by atoms with Gasteiger partial charge in [-0.1, -0.05) is 23.7 Å². The number of alkyl halides is 2. The van der Waals surface area contributed by atoms with Crippen LogP contribution in [-0.2, 0) is 4.74 Å². The number of anilines is 1. The van der Waals surface area contributed by atoms with Gasteiger partial charge >= 0.3 is 6.01 Å². The Morgan fingerprint density at radius 1 is 1.19 bits per heavy atom. The largest absolute Gasteiger partial charge is 0.508 e. The monoisotopic (exact) mass is 671 g/mol. The highest BCUT2D eigenvalue weighted by molar-refractivity contribution is 6.36. The standard InChI is InChI=1S/C34H34ClF4N5O3/c1-32-7-6-19(42-32)11-44(15-32)30-23-10-25(36)27(22-9-21(45)8-18-4-3-5-24(35)26(18)22)28(37)29(23)40-31(41-30)47-17-33(14-34(33,38)39)16-43(2)20-12-46-13-20/h3-5,8-10,19-20,42,45H,6-7,11-17H2,1-2H3/t19?,32-,33+/m0/s1. The molecule has 1 aliphatic carbocycles. The van der Waals surface area contributed by atoms with Crippen molar-refractivity contribution >= 4 is 39.1 Å². The van der Waals surface area contributed by atoms with E-state index in [0.29, 0.717) is 37.1 Å². The van der Waals surface area contributed by atoms with Gasteiger partial charge in [-0.15, -0.1) is 0 Å². The zero-order chi connectivity index (χ0) is 32.9. The molecule has 2 bridgehead atoms. The molecule has 3 saturated heterocycles. The molecule has 3 atom stereocenters. The van der Waals surface area contributed by atoms with Crippen molar-refractivity contribution in [3.05, 3.63) is 53.1 Å². The molecule has 0 spiro atoms. The smallest absolute Gasteiger partial charge is 0.319 e. The second-order valence-electron chi connectivity index (χ2n) is 14.0. The highest BCUT2D eigenvalue weighted by Crippen LogP contribution is 2.61. The zero-order valence-electron chi connectivity index (χ0n) is 25.9. The number of rotatable bonds is 8. The van der Waals surface area contributed by atoms with Crippen molar-refractivity contribution in [3.63, 3.8) is 0 Å². The number of aromatic hydroxyl groups is 1. The summed E-state index contributed by atoms with van der Waals surface area (Å²) in [6, 6.07) is 8.83. The van der Waals surface area contributed by atoms with Crippen LogP contribution in [0.4, 0.5) is 23.4 Å². The topological polar surface area (TPSA) is 83.0 Å². The minimum atomic E-state index is -2.95. The van der Waals surface area contributed by atoms with Crippen molar-refractivity contribution in [2.45, 2.75) is 49.7 Å². The number of likely N-dealkylation sites (N-methyl/N-ethyl adjacent to an activating group) is 1. The van der Waals surface area contributed by atoms with Gasteiger partial charge in [-0.3, -0.25) is 4.90 Å². The maximum absolute atomic E-state index is 16.8. The van der Waals surface area contributed by atoms with Gasteiger partial charge in [0.15, 0.2) is 5.82 Å². The third-order valence-corrected chi connectivity index (χ3v) is 10.7. The Balaban J connectivity index is 1.24. The van der Waals surface area contributed by atoms with Crippen LogP contribution in [0, 0.1) is 17.0 Å². The van der Waals surface area contributed by atoms with E-state index in [1.54, 1.807) is 25.2 Å². The number of nitrogens with zero attached hydrogens (tertiary/aromatic N) is 4. The van der Waals surface area contributed by atoms with Gasteiger partial charge in [0.25, 0.3) is 5.92 Å². The molecular formula is C34H34ClF4N5O3. The van der Waals surface area contributed by atoms with E-state index >= 15 is 8.78 Å². The predicted molar refractivity (Wildman–Crippen MR) is 171 cm³/mol. The molecule has 2 N–H and O–H groups in total. The number of piperazine rings is 1. The zero-order valence-corrected chi connectivity index (χ0v) is 26.7. The highest BCUT2D eigenvalue weighted by atomic mass is 35.5.